The van der Waals surface area contributed by atoms with Gasteiger partial charge in [0.15, 0.2) is 0 Å². The molecule has 0 saturated carbocycles. The number of esters is 1. The van der Waals surface area contributed by atoms with Crippen molar-refractivity contribution in [1.82, 2.24) is 15.5 Å². The minimum absolute atomic E-state index is 0.0146. The Hall–Kier alpha value is -2.75. The van der Waals surface area contributed by atoms with E-state index in [9.17, 15) is 19.2 Å². The Kier molecular flexibility index (Phi) is 14.0. The standard InChI is InChI=1S/C30H49N3O6S/c1-11-30(8,9)33(27(36)23(16-18-40-10)32-28(37)39-29(5,6)7)25(22-19-20(3)13-14-21(22)4)26(35)31-17-15-24(34)38-12-2/h13-14,19,23,25H,11-12,15-18H2,1-10H3,(H,31,35)(H,32,37). The number of carbonyl (C=O) groups excluding carboxylic acids is 4. The first kappa shape index (κ1) is 35.3. The van der Waals surface area contributed by atoms with Crippen LogP contribution in [-0.4, -0.2) is 71.1 Å². The number of thioether (sulfide) groups is 1. The van der Waals surface area contributed by atoms with Crippen LogP contribution in [0.3, 0.4) is 0 Å². The number of hydrogen-bond acceptors (Lipinski definition) is 7. The van der Waals surface area contributed by atoms with E-state index in [1.807, 2.05) is 59.1 Å². The number of amides is 3. The van der Waals surface area contributed by atoms with Gasteiger partial charge in [-0.25, -0.2) is 4.79 Å². The van der Waals surface area contributed by atoms with Gasteiger partial charge in [-0.3, -0.25) is 14.4 Å². The van der Waals surface area contributed by atoms with Crippen LogP contribution in [-0.2, 0) is 23.9 Å². The molecule has 0 heterocycles. The molecule has 2 atom stereocenters. The number of ether oxygens (including phenoxy) is 2. The molecule has 40 heavy (non-hydrogen) atoms. The minimum atomic E-state index is -0.998. The molecule has 0 bridgehead atoms. The van der Waals surface area contributed by atoms with Crippen LogP contribution in [0.4, 0.5) is 4.79 Å². The fourth-order valence-electron chi connectivity index (χ4n) is 4.13. The molecule has 1 aromatic rings. The van der Waals surface area contributed by atoms with E-state index in [0.29, 0.717) is 24.2 Å². The molecule has 226 valence electrons. The number of nitrogens with zero attached hydrogens (tertiary/aromatic N) is 1. The van der Waals surface area contributed by atoms with Crippen molar-refractivity contribution in [3.8, 4) is 0 Å². The molecule has 2 N–H and O–H groups in total. The summed E-state index contributed by atoms with van der Waals surface area (Å²) in [6.07, 6.45) is 2.17. The van der Waals surface area contributed by atoms with Crippen LogP contribution in [0.5, 0.6) is 0 Å². The molecule has 0 saturated heterocycles. The summed E-state index contributed by atoms with van der Waals surface area (Å²) in [4.78, 5) is 54.6. The molecule has 0 fully saturated rings. The van der Waals surface area contributed by atoms with E-state index < -0.39 is 41.2 Å². The normalized spacial score (nSPS) is 13.2. The molecule has 2 unspecified atom stereocenters. The topological polar surface area (TPSA) is 114 Å². The third-order valence-corrected chi connectivity index (χ3v) is 7.17. The third-order valence-electron chi connectivity index (χ3n) is 6.52. The maximum atomic E-state index is 14.4. The average molecular weight is 580 g/mol. The zero-order chi connectivity index (χ0) is 30.7. The number of hydrogen-bond donors (Lipinski definition) is 2. The number of rotatable bonds is 14. The molecule has 0 aliphatic heterocycles. The lowest BCUT2D eigenvalue weighted by Crippen LogP contribution is -2.59. The maximum Gasteiger partial charge on any atom is 0.408 e. The summed E-state index contributed by atoms with van der Waals surface area (Å²) in [5.74, 6) is -0.578. The highest BCUT2D eigenvalue weighted by Gasteiger charge is 2.43. The SMILES string of the molecule is CCOC(=O)CCNC(=O)C(c1cc(C)ccc1C)N(C(=O)C(CCSC)NC(=O)OC(C)(C)C)C(C)(C)CC. The number of alkyl carbamates (subject to hydrolysis) is 1. The van der Waals surface area contributed by atoms with E-state index in [1.54, 1.807) is 44.4 Å². The highest BCUT2D eigenvalue weighted by atomic mass is 32.2. The summed E-state index contributed by atoms with van der Waals surface area (Å²) < 4.78 is 10.5. The van der Waals surface area contributed by atoms with Crippen molar-refractivity contribution in [3.05, 3.63) is 34.9 Å². The Morgan fingerprint density at radius 2 is 1.70 bits per heavy atom. The van der Waals surface area contributed by atoms with Crippen molar-refractivity contribution >= 4 is 35.6 Å². The summed E-state index contributed by atoms with van der Waals surface area (Å²) in [7, 11) is 0. The van der Waals surface area contributed by atoms with E-state index in [-0.39, 0.29) is 25.5 Å². The van der Waals surface area contributed by atoms with Crippen LogP contribution in [0.1, 0.15) is 90.5 Å². The van der Waals surface area contributed by atoms with E-state index in [1.165, 1.54) is 0 Å². The van der Waals surface area contributed by atoms with E-state index in [0.717, 1.165) is 11.1 Å². The smallest absolute Gasteiger partial charge is 0.408 e. The first-order valence-electron chi connectivity index (χ1n) is 13.9. The number of benzene rings is 1. The Morgan fingerprint density at radius 3 is 2.25 bits per heavy atom. The molecule has 0 aliphatic carbocycles. The fraction of sp³-hybridized carbons (Fsp3) is 0.667. The summed E-state index contributed by atoms with van der Waals surface area (Å²) in [6.45, 7) is 16.9. The predicted octanol–water partition coefficient (Wildman–Crippen LogP) is 5.08. The van der Waals surface area contributed by atoms with Gasteiger partial charge in [0.2, 0.25) is 11.8 Å². The molecule has 0 aromatic heterocycles. The minimum Gasteiger partial charge on any atom is -0.466 e. The number of nitrogens with one attached hydrogen (secondary N) is 2. The van der Waals surface area contributed by atoms with Gasteiger partial charge in [-0.15, -0.1) is 0 Å². The van der Waals surface area contributed by atoms with Gasteiger partial charge in [0.05, 0.1) is 13.0 Å². The summed E-state index contributed by atoms with van der Waals surface area (Å²) >= 11 is 1.56. The zero-order valence-corrected chi connectivity index (χ0v) is 26.8. The fourth-order valence-corrected chi connectivity index (χ4v) is 4.60. The second-order valence-electron chi connectivity index (χ2n) is 11.5. The van der Waals surface area contributed by atoms with Gasteiger partial charge in [-0.2, -0.15) is 11.8 Å². The lowest BCUT2D eigenvalue weighted by atomic mass is 9.89. The van der Waals surface area contributed by atoms with E-state index >= 15 is 0 Å². The van der Waals surface area contributed by atoms with Crippen LogP contribution < -0.4 is 10.6 Å². The molecule has 3 amide bonds. The molecule has 0 spiro atoms. The van der Waals surface area contributed by atoms with Crippen molar-refractivity contribution in [2.24, 2.45) is 0 Å². The molecular formula is C30H49N3O6S. The quantitative estimate of drug-likeness (QED) is 0.296. The first-order valence-corrected chi connectivity index (χ1v) is 15.3. The highest BCUT2D eigenvalue weighted by Crippen LogP contribution is 2.34. The molecule has 1 aromatic carbocycles. The second kappa shape index (κ2) is 15.9. The largest absolute Gasteiger partial charge is 0.466 e. The number of aryl methyl sites for hydroxylation is 2. The zero-order valence-electron chi connectivity index (χ0n) is 25.9. The molecule has 1 rings (SSSR count). The summed E-state index contributed by atoms with van der Waals surface area (Å²) in [5, 5.41) is 5.62. The van der Waals surface area contributed by atoms with Crippen LogP contribution in [0, 0.1) is 13.8 Å². The van der Waals surface area contributed by atoms with Gasteiger partial charge < -0.3 is 25.0 Å². The van der Waals surface area contributed by atoms with Crippen molar-refractivity contribution in [2.75, 3.05) is 25.2 Å². The van der Waals surface area contributed by atoms with Crippen molar-refractivity contribution in [3.63, 3.8) is 0 Å². The van der Waals surface area contributed by atoms with Crippen LogP contribution >= 0.6 is 11.8 Å². The lowest BCUT2D eigenvalue weighted by Gasteiger charge is -2.45. The van der Waals surface area contributed by atoms with E-state index in [2.05, 4.69) is 10.6 Å². The van der Waals surface area contributed by atoms with Crippen molar-refractivity contribution in [1.29, 1.82) is 0 Å². The highest BCUT2D eigenvalue weighted by molar-refractivity contribution is 7.98. The molecule has 0 aliphatic rings. The summed E-state index contributed by atoms with van der Waals surface area (Å²) in [5.41, 5.74) is 0.979. The molecule has 10 heteroatoms. The monoisotopic (exact) mass is 579 g/mol. The van der Waals surface area contributed by atoms with E-state index in [4.69, 9.17) is 9.47 Å². The lowest BCUT2D eigenvalue weighted by molar-refractivity contribution is -0.149. The Balaban J connectivity index is 3.62. The molecule has 0 radical (unpaired) electrons. The van der Waals surface area contributed by atoms with Crippen LogP contribution in [0.2, 0.25) is 0 Å². The molecule has 9 nitrogen and oxygen atoms in total. The van der Waals surface area contributed by atoms with Gasteiger partial charge in [-0.1, -0.05) is 30.7 Å². The summed E-state index contributed by atoms with van der Waals surface area (Å²) in [6, 6.07) is 3.89. The number of carbonyl (C=O) groups is 4. The van der Waals surface area contributed by atoms with Crippen LogP contribution in [0.25, 0.3) is 0 Å². The Bertz CT molecular complexity index is 1020. The van der Waals surface area contributed by atoms with Gasteiger partial charge in [0, 0.05) is 12.1 Å². The van der Waals surface area contributed by atoms with Crippen molar-refractivity contribution < 1.29 is 28.7 Å². The van der Waals surface area contributed by atoms with Gasteiger partial charge in [0.25, 0.3) is 0 Å². The van der Waals surface area contributed by atoms with Crippen LogP contribution in [0.15, 0.2) is 18.2 Å². The first-order chi connectivity index (χ1) is 18.6. The second-order valence-corrected chi connectivity index (χ2v) is 12.4. The molecular weight excluding hydrogens is 530 g/mol. The Morgan fingerprint density at radius 1 is 1.05 bits per heavy atom. The predicted molar refractivity (Wildman–Crippen MR) is 160 cm³/mol. The van der Waals surface area contributed by atoms with Gasteiger partial charge in [0.1, 0.15) is 17.7 Å². The third kappa shape index (κ3) is 11.0. The maximum absolute atomic E-state index is 14.4. The Labute approximate surface area is 244 Å². The van der Waals surface area contributed by atoms with Crippen molar-refractivity contribution in [2.45, 2.75) is 105 Å². The van der Waals surface area contributed by atoms with Gasteiger partial charge in [-0.05, 0) is 91.4 Å². The average Bonchev–Trinajstić information content (AvgIpc) is 2.85. The van der Waals surface area contributed by atoms with Gasteiger partial charge >= 0.3 is 12.1 Å².